The number of nitro groups is 1. The van der Waals surface area contributed by atoms with E-state index in [1.54, 1.807) is 12.1 Å². The maximum Gasteiger partial charge on any atom is 0.275 e. The summed E-state index contributed by atoms with van der Waals surface area (Å²) in [4.78, 5) is 12.7. The lowest BCUT2D eigenvalue weighted by molar-refractivity contribution is -0.385. The van der Waals surface area contributed by atoms with Crippen LogP contribution in [-0.4, -0.2) is 22.6 Å². The molecule has 0 amide bonds. The van der Waals surface area contributed by atoms with E-state index in [-0.39, 0.29) is 12.3 Å². The van der Waals surface area contributed by atoms with Crippen LogP contribution in [0.5, 0.6) is 0 Å². The highest BCUT2D eigenvalue weighted by atomic mass is 16.6. The molecule has 19 heavy (non-hydrogen) atoms. The van der Waals surface area contributed by atoms with Crippen LogP contribution < -0.4 is 4.90 Å². The Morgan fingerprint density at radius 2 is 2.16 bits per heavy atom. The quantitative estimate of drug-likeness (QED) is 0.633. The number of aliphatic hydroxyl groups excluding tert-OH is 1. The largest absolute Gasteiger partial charge is 0.391 e. The Labute approximate surface area is 113 Å². The summed E-state index contributed by atoms with van der Waals surface area (Å²) in [7, 11) is 0. The molecule has 0 atom stereocenters. The van der Waals surface area contributed by atoms with E-state index < -0.39 is 4.92 Å². The summed E-state index contributed by atoms with van der Waals surface area (Å²) in [5.74, 6) is 0.746. The Balaban J connectivity index is 2.28. The van der Waals surface area contributed by atoms with E-state index >= 15 is 0 Å². The van der Waals surface area contributed by atoms with Crippen LogP contribution in [0, 0.1) is 16.0 Å². The molecule has 0 unspecified atom stereocenters. The molecular formula is C14H20N2O3. The smallest absolute Gasteiger partial charge is 0.275 e. The van der Waals surface area contributed by atoms with E-state index in [2.05, 4.69) is 18.7 Å². The number of nitro benzene ring substituents is 1. The summed E-state index contributed by atoms with van der Waals surface area (Å²) < 4.78 is 0. The van der Waals surface area contributed by atoms with E-state index in [0.717, 1.165) is 18.2 Å². The molecule has 0 aromatic heterocycles. The molecule has 0 bridgehead atoms. The van der Waals surface area contributed by atoms with Crippen molar-refractivity contribution in [1.82, 2.24) is 0 Å². The summed E-state index contributed by atoms with van der Waals surface area (Å²) in [6, 6.07) is 5.34. The van der Waals surface area contributed by atoms with Crippen LogP contribution in [0.25, 0.3) is 0 Å². The highest BCUT2D eigenvalue weighted by Gasteiger charge is 2.26. The van der Waals surface area contributed by atoms with Gasteiger partial charge in [0.15, 0.2) is 0 Å². The normalized spacial score (nSPS) is 14.7. The van der Waals surface area contributed by atoms with E-state index in [1.165, 1.54) is 18.9 Å². The summed E-state index contributed by atoms with van der Waals surface area (Å²) in [5.41, 5.74) is 1.32. The minimum absolute atomic E-state index is 0.0126. The molecule has 0 heterocycles. The molecule has 0 aliphatic heterocycles. The van der Waals surface area contributed by atoms with Crippen molar-refractivity contribution in [1.29, 1.82) is 0 Å². The summed E-state index contributed by atoms with van der Waals surface area (Å²) in [6.45, 7) is 4.91. The van der Waals surface area contributed by atoms with E-state index in [4.69, 9.17) is 0 Å². The van der Waals surface area contributed by atoms with Crippen molar-refractivity contribution in [2.24, 2.45) is 5.92 Å². The molecule has 1 fully saturated rings. The number of aliphatic hydroxyl groups is 1. The van der Waals surface area contributed by atoms with Gasteiger partial charge in [-0.05, 0) is 44.7 Å². The molecule has 1 aliphatic carbocycles. The molecule has 1 aromatic rings. The van der Waals surface area contributed by atoms with Crippen molar-refractivity contribution in [2.75, 3.05) is 11.4 Å². The Morgan fingerprint density at radius 3 is 2.63 bits per heavy atom. The minimum atomic E-state index is -0.448. The molecule has 2 rings (SSSR count). The number of hydrogen-bond donors (Lipinski definition) is 1. The first-order valence-electron chi connectivity index (χ1n) is 6.67. The molecular weight excluding hydrogens is 244 g/mol. The fourth-order valence-electron chi connectivity index (χ4n) is 2.25. The summed E-state index contributed by atoms with van der Waals surface area (Å²) >= 11 is 0. The average Bonchev–Trinajstić information content (AvgIpc) is 3.18. The third-order valence-electron chi connectivity index (χ3n) is 3.54. The van der Waals surface area contributed by atoms with Gasteiger partial charge in [0.2, 0.25) is 0 Å². The zero-order chi connectivity index (χ0) is 14.0. The van der Waals surface area contributed by atoms with Crippen LogP contribution in [-0.2, 0) is 6.61 Å². The molecule has 1 N–H and O–H groups in total. The first-order valence-corrected chi connectivity index (χ1v) is 6.67. The third-order valence-corrected chi connectivity index (χ3v) is 3.54. The summed E-state index contributed by atoms with van der Waals surface area (Å²) in [6.07, 6.45) is 2.53. The van der Waals surface area contributed by atoms with Gasteiger partial charge in [0.05, 0.1) is 17.1 Å². The third kappa shape index (κ3) is 3.23. The van der Waals surface area contributed by atoms with Gasteiger partial charge in [0.1, 0.15) is 0 Å². The average molecular weight is 264 g/mol. The van der Waals surface area contributed by atoms with Crippen LogP contribution in [0.2, 0.25) is 0 Å². The first-order chi connectivity index (χ1) is 9.02. The zero-order valence-electron chi connectivity index (χ0n) is 11.4. The Kier molecular flexibility index (Phi) is 4.04. The van der Waals surface area contributed by atoms with Crippen molar-refractivity contribution in [3.63, 3.8) is 0 Å². The minimum Gasteiger partial charge on any atom is -0.391 e. The van der Waals surface area contributed by atoms with Gasteiger partial charge in [-0.25, -0.2) is 0 Å². The number of nitrogens with zero attached hydrogens (tertiary/aromatic N) is 2. The maximum absolute atomic E-state index is 10.9. The second-order valence-corrected chi connectivity index (χ2v) is 5.42. The monoisotopic (exact) mass is 264 g/mol. The highest BCUT2D eigenvalue weighted by Crippen LogP contribution is 2.33. The molecule has 0 radical (unpaired) electrons. The van der Waals surface area contributed by atoms with Crippen molar-refractivity contribution >= 4 is 11.4 Å². The van der Waals surface area contributed by atoms with Crippen molar-refractivity contribution in [3.8, 4) is 0 Å². The Morgan fingerprint density at radius 1 is 1.47 bits per heavy atom. The van der Waals surface area contributed by atoms with Gasteiger partial charge in [-0.3, -0.25) is 10.1 Å². The van der Waals surface area contributed by atoms with Gasteiger partial charge in [0.25, 0.3) is 5.69 Å². The fraction of sp³-hybridized carbons (Fsp3) is 0.571. The lowest BCUT2D eigenvalue weighted by Crippen LogP contribution is -2.32. The van der Waals surface area contributed by atoms with Gasteiger partial charge < -0.3 is 10.0 Å². The number of rotatable bonds is 6. The number of anilines is 1. The predicted octanol–water partition coefficient (Wildman–Crippen LogP) is 2.71. The number of benzene rings is 1. The van der Waals surface area contributed by atoms with Crippen LogP contribution in [0.3, 0.4) is 0 Å². The predicted molar refractivity (Wildman–Crippen MR) is 74.2 cm³/mol. The number of hydrogen-bond acceptors (Lipinski definition) is 4. The van der Waals surface area contributed by atoms with E-state index in [9.17, 15) is 15.2 Å². The first kappa shape index (κ1) is 13.8. The van der Waals surface area contributed by atoms with E-state index in [1.807, 2.05) is 0 Å². The van der Waals surface area contributed by atoms with Crippen LogP contribution in [0.1, 0.15) is 32.3 Å². The Hall–Kier alpha value is -1.62. The second kappa shape index (κ2) is 5.57. The van der Waals surface area contributed by atoms with Gasteiger partial charge in [-0.15, -0.1) is 0 Å². The Bertz CT molecular complexity index is 470. The molecule has 104 valence electrons. The van der Waals surface area contributed by atoms with Crippen LogP contribution in [0.4, 0.5) is 11.4 Å². The molecule has 0 saturated heterocycles. The van der Waals surface area contributed by atoms with Crippen LogP contribution >= 0.6 is 0 Å². The zero-order valence-corrected chi connectivity index (χ0v) is 11.4. The van der Waals surface area contributed by atoms with Crippen molar-refractivity contribution < 1.29 is 10.0 Å². The highest BCUT2D eigenvalue weighted by molar-refractivity contribution is 5.56. The lowest BCUT2D eigenvalue weighted by Gasteiger charge is -2.29. The molecule has 0 spiro atoms. The maximum atomic E-state index is 10.9. The van der Waals surface area contributed by atoms with Gasteiger partial charge >= 0.3 is 0 Å². The van der Waals surface area contributed by atoms with Gasteiger partial charge in [-0.2, -0.15) is 0 Å². The van der Waals surface area contributed by atoms with Crippen molar-refractivity contribution in [3.05, 3.63) is 33.9 Å². The topological polar surface area (TPSA) is 66.6 Å². The molecule has 5 heteroatoms. The SMILES string of the molecule is CC(C)N(CC1CC1)c1ccc([N+](=O)[O-])c(CO)c1. The van der Waals surface area contributed by atoms with Crippen LogP contribution in [0.15, 0.2) is 18.2 Å². The fourth-order valence-corrected chi connectivity index (χ4v) is 2.25. The van der Waals surface area contributed by atoms with E-state index in [0.29, 0.717) is 11.6 Å². The van der Waals surface area contributed by atoms with Crippen molar-refractivity contribution in [2.45, 2.75) is 39.3 Å². The van der Waals surface area contributed by atoms with Gasteiger partial charge in [-0.1, -0.05) is 0 Å². The molecule has 1 aliphatic rings. The summed E-state index contributed by atoms with van der Waals surface area (Å²) in [5, 5.41) is 20.1. The molecule has 1 saturated carbocycles. The molecule has 5 nitrogen and oxygen atoms in total. The molecule has 1 aromatic carbocycles. The van der Waals surface area contributed by atoms with Gasteiger partial charge in [0, 0.05) is 24.3 Å². The second-order valence-electron chi connectivity index (χ2n) is 5.42. The lowest BCUT2D eigenvalue weighted by atomic mass is 10.1. The standard InChI is InChI=1S/C14H20N2O3/c1-10(2)15(8-11-3-4-11)13-5-6-14(16(18)19)12(7-13)9-17/h5-7,10-11,17H,3-4,8-9H2,1-2H3.